The zero-order chi connectivity index (χ0) is 21.4. The molecule has 8 nitrogen and oxygen atoms in total. The number of hydrogen-bond donors (Lipinski definition) is 3. The van der Waals surface area contributed by atoms with Gasteiger partial charge in [-0.15, -0.1) is 0 Å². The number of amides is 1. The van der Waals surface area contributed by atoms with E-state index >= 15 is 0 Å². The molecule has 9 heteroatoms. The number of nitrogens with zero attached hydrogens (tertiary/aromatic N) is 3. The highest BCUT2D eigenvalue weighted by atomic mass is 35.5. The molecule has 0 atom stereocenters. The van der Waals surface area contributed by atoms with E-state index in [9.17, 15) is 9.90 Å². The van der Waals surface area contributed by atoms with E-state index in [0.29, 0.717) is 40.8 Å². The second-order valence-corrected chi connectivity index (χ2v) is 7.80. The van der Waals surface area contributed by atoms with Crippen molar-refractivity contribution < 1.29 is 14.7 Å². The van der Waals surface area contributed by atoms with Gasteiger partial charge in [-0.2, -0.15) is 0 Å². The molecule has 2 aliphatic heterocycles. The molecule has 2 aliphatic rings. The number of aromatic hydroxyl groups is 1. The third kappa shape index (κ3) is 3.64. The first-order chi connectivity index (χ1) is 15.1. The van der Waals surface area contributed by atoms with Crippen LogP contribution in [0.15, 0.2) is 52.6 Å². The molecule has 0 unspecified atom stereocenters. The lowest BCUT2D eigenvalue weighted by molar-refractivity contribution is -0.136. The number of aliphatic imine (C=N–C) groups is 1. The van der Waals surface area contributed by atoms with Gasteiger partial charge in [0.05, 0.1) is 11.3 Å². The highest BCUT2D eigenvalue weighted by molar-refractivity contribution is 6.58. The summed E-state index contributed by atoms with van der Waals surface area (Å²) in [7, 11) is 0. The number of carbonyl (C=O) groups excluding carboxylic acids is 1. The lowest BCUT2D eigenvalue weighted by Crippen LogP contribution is -2.47. The molecule has 158 valence electrons. The Morgan fingerprint density at radius 1 is 1.23 bits per heavy atom. The third-order valence-corrected chi connectivity index (χ3v) is 5.64. The van der Waals surface area contributed by atoms with E-state index in [1.54, 1.807) is 23.1 Å². The smallest absolute Gasteiger partial charge is 0.263 e. The van der Waals surface area contributed by atoms with Gasteiger partial charge in [-0.25, -0.2) is 4.99 Å². The minimum Gasteiger partial charge on any atom is -0.494 e. The molecule has 5 rings (SSSR count). The van der Waals surface area contributed by atoms with E-state index in [1.165, 1.54) is 0 Å². The van der Waals surface area contributed by atoms with Gasteiger partial charge in [0.2, 0.25) is 0 Å². The monoisotopic (exact) mass is 437 g/mol. The number of H-pyrrole nitrogens is 1. The molecule has 1 amide bonds. The predicted octanol–water partition coefficient (Wildman–Crippen LogP) is 2.81. The molecule has 0 aliphatic carbocycles. The Bertz CT molecular complexity index is 1230. The zero-order valence-electron chi connectivity index (χ0n) is 16.6. The second kappa shape index (κ2) is 8.05. The number of nitrogens with one attached hydrogen (secondary N) is 2. The number of fused-ring (bicyclic) bond motifs is 2. The van der Waals surface area contributed by atoms with Crippen LogP contribution in [-0.4, -0.2) is 65.1 Å². The number of aromatic amines is 1. The Morgan fingerprint density at radius 2 is 2.03 bits per heavy atom. The summed E-state index contributed by atoms with van der Waals surface area (Å²) in [5.41, 5.74) is 3.61. The first-order valence-corrected chi connectivity index (χ1v) is 10.4. The minimum absolute atomic E-state index is 0.0339. The van der Waals surface area contributed by atoms with Crippen molar-refractivity contribution >= 4 is 45.5 Å². The van der Waals surface area contributed by atoms with Crippen molar-refractivity contribution in [3.8, 4) is 5.88 Å². The van der Waals surface area contributed by atoms with Crippen LogP contribution in [0.3, 0.4) is 0 Å². The zero-order valence-corrected chi connectivity index (χ0v) is 17.3. The van der Waals surface area contributed by atoms with Crippen LogP contribution >= 0.6 is 11.6 Å². The second-order valence-electron chi connectivity index (χ2n) is 7.36. The number of carbonyl (C=O) groups is 1. The molecule has 1 aromatic heterocycles. The van der Waals surface area contributed by atoms with Crippen LogP contribution in [0.5, 0.6) is 5.88 Å². The molecule has 0 spiro atoms. The molecular formula is C22H20ClN5O3. The Labute approximate surface area is 183 Å². The van der Waals surface area contributed by atoms with Crippen LogP contribution in [0.2, 0.25) is 5.02 Å². The number of benzene rings is 2. The van der Waals surface area contributed by atoms with E-state index in [2.05, 4.69) is 20.4 Å². The summed E-state index contributed by atoms with van der Waals surface area (Å²) in [5, 5.41) is 19.4. The topological polar surface area (TPSA) is 102 Å². The lowest BCUT2D eigenvalue weighted by Gasteiger charge is -2.26. The predicted molar refractivity (Wildman–Crippen MR) is 120 cm³/mol. The van der Waals surface area contributed by atoms with Crippen LogP contribution in [0.1, 0.15) is 11.1 Å². The van der Waals surface area contributed by atoms with Crippen molar-refractivity contribution in [1.29, 1.82) is 0 Å². The van der Waals surface area contributed by atoms with Gasteiger partial charge < -0.3 is 25.1 Å². The average Bonchev–Trinajstić information content (AvgIpc) is 3.30. The molecule has 2 aromatic carbocycles. The minimum atomic E-state index is -0.162. The van der Waals surface area contributed by atoms with Gasteiger partial charge >= 0.3 is 0 Å². The standard InChI is InChI=1S/C22H20ClN5O3/c23-13-5-6-17-15(11-13)19(22(30)26-17)21-20(14-3-1-2-4-16(14)25-21)27-31-12-18(29)28-9-7-24-8-10-28/h1-6,11,24,26,30H,7-10,12H2/b27-20+. The first-order valence-electron chi connectivity index (χ1n) is 9.99. The van der Waals surface area contributed by atoms with Crippen LogP contribution in [0.4, 0.5) is 5.69 Å². The van der Waals surface area contributed by atoms with Crippen molar-refractivity contribution in [2.24, 2.45) is 10.1 Å². The van der Waals surface area contributed by atoms with Crippen LogP contribution in [0, 0.1) is 0 Å². The fourth-order valence-corrected chi connectivity index (χ4v) is 4.06. The van der Waals surface area contributed by atoms with Gasteiger partial charge in [0.15, 0.2) is 12.5 Å². The van der Waals surface area contributed by atoms with Crippen molar-refractivity contribution in [3.63, 3.8) is 0 Å². The summed E-state index contributed by atoms with van der Waals surface area (Å²) < 4.78 is 0. The number of halogens is 1. The fourth-order valence-electron chi connectivity index (χ4n) is 3.89. The summed E-state index contributed by atoms with van der Waals surface area (Å²) in [4.78, 5) is 27.3. The van der Waals surface area contributed by atoms with Crippen LogP contribution in [-0.2, 0) is 9.63 Å². The highest BCUT2D eigenvalue weighted by Gasteiger charge is 2.29. The molecule has 1 fully saturated rings. The summed E-state index contributed by atoms with van der Waals surface area (Å²) in [6, 6.07) is 12.8. The average molecular weight is 438 g/mol. The highest BCUT2D eigenvalue weighted by Crippen LogP contribution is 2.36. The maximum Gasteiger partial charge on any atom is 0.263 e. The molecule has 0 bridgehead atoms. The number of oxime groups is 1. The van der Waals surface area contributed by atoms with E-state index in [4.69, 9.17) is 16.4 Å². The van der Waals surface area contributed by atoms with Crippen LogP contribution < -0.4 is 5.32 Å². The molecular weight excluding hydrogens is 418 g/mol. The van der Waals surface area contributed by atoms with Crippen molar-refractivity contribution in [1.82, 2.24) is 15.2 Å². The van der Waals surface area contributed by atoms with Gasteiger partial charge in [-0.3, -0.25) is 4.79 Å². The molecule has 3 N–H and O–H groups in total. The number of piperazine rings is 1. The normalized spacial score (nSPS) is 17.1. The van der Waals surface area contributed by atoms with Gasteiger partial charge in [0.25, 0.3) is 5.91 Å². The van der Waals surface area contributed by atoms with Crippen molar-refractivity contribution in [2.75, 3.05) is 32.8 Å². The van der Waals surface area contributed by atoms with Gasteiger partial charge in [0.1, 0.15) is 11.4 Å². The van der Waals surface area contributed by atoms with E-state index < -0.39 is 0 Å². The van der Waals surface area contributed by atoms with Gasteiger partial charge in [-0.05, 0) is 24.3 Å². The van der Waals surface area contributed by atoms with Crippen molar-refractivity contribution in [2.45, 2.75) is 0 Å². The van der Waals surface area contributed by atoms with E-state index in [1.807, 2.05) is 24.3 Å². The Balaban J connectivity index is 1.49. The van der Waals surface area contributed by atoms with Gasteiger partial charge in [0, 0.05) is 47.7 Å². The summed E-state index contributed by atoms with van der Waals surface area (Å²) in [6.07, 6.45) is 0. The Morgan fingerprint density at radius 3 is 2.87 bits per heavy atom. The summed E-state index contributed by atoms with van der Waals surface area (Å²) >= 11 is 6.19. The van der Waals surface area contributed by atoms with E-state index in [-0.39, 0.29) is 18.4 Å². The molecule has 0 radical (unpaired) electrons. The Kier molecular flexibility index (Phi) is 5.09. The molecule has 1 saturated heterocycles. The maximum absolute atomic E-state index is 12.4. The van der Waals surface area contributed by atoms with Crippen molar-refractivity contribution in [3.05, 3.63) is 58.6 Å². The molecule has 0 saturated carbocycles. The number of para-hydroxylation sites is 1. The number of aromatic nitrogens is 1. The molecule has 31 heavy (non-hydrogen) atoms. The fraction of sp³-hybridized carbons (Fsp3) is 0.227. The summed E-state index contributed by atoms with van der Waals surface area (Å²) in [5.74, 6) is -0.147. The lowest BCUT2D eigenvalue weighted by atomic mass is 10.0. The Hall–Kier alpha value is -3.36. The third-order valence-electron chi connectivity index (χ3n) is 5.41. The summed E-state index contributed by atoms with van der Waals surface area (Å²) in [6.45, 7) is 2.68. The first kappa shape index (κ1) is 19.6. The number of hydrogen-bond acceptors (Lipinski definition) is 6. The maximum atomic E-state index is 12.4. The number of rotatable bonds is 4. The molecule has 3 heterocycles. The molecule has 3 aromatic rings. The van der Waals surface area contributed by atoms with E-state index in [0.717, 1.165) is 29.6 Å². The SMILES string of the molecule is O=C(CO/N=C1/C(c2c(O)[nH]c3ccc(Cl)cc23)=Nc2ccccc21)N1CCNCC1. The van der Waals surface area contributed by atoms with Gasteiger partial charge in [-0.1, -0.05) is 35.0 Å². The van der Waals surface area contributed by atoms with Crippen LogP contribution in [0.25, 0.3) is 10.9 Å². The quantitative estimate of drug-likeness (QED) is 0.546. The largest absolute Gasteiger partial charge is 0.494 e.